The molecule has 0 spiro atoms. The van der Waals surface area contributed by atoms with Gasteiger partial charge in [0.2, 0.25) is 5.88 Å². The van der Waals surface area contributed by atoms with Gasteiger partial charge in [-0.15, -0.1) is 0 Å². The van der Waals surface area contributed by atoms with E-state index in [9.17, 15) is 8.78 Å². The van der Waals surface area contributed by atoms with E-state index in [1.165, 1.54) is 6.07 Å². The zero-order valence-corrected chi connectivity index (χ0v) is 12.1. The first-order valence-electron chi connectivity index (χ1n) is 6.84. The summed E-state index contributed by atoms with van der Waals surface area (Å²) >= 11 is 0. The van der Waals surface area contributed by atoms with Crippen LogP contribution in [0.1, 0.15) is 19.5 Å². The van der Waals surface area contributed by atoms with E-state index >= 15 is 0 Å². The summed E-state index contributed by atoms with van der Waals surface area (Å²) < 4.78 is 31.7. The van der Waals surface area contributed by atoms with Crippen LogP contribution >= 0.6 is 0 Å². The fraction of sp³-hybridized carbons (Fsp3) is 0.312. The van der Waals surface area contributed by atoms with Crippen LogP contribution in [0.4, 0.5) is 8.78 Å². The van der Waals surface area contributed by atoms with Crippen LogP contribution in [0.2, 0.25) is 0 Å². The SMILES string of the molecule is CC(C)CNCc1cccc(Oc2ccc(F)cc2F)n1. The highest BCUT2D eigenvalue weighted by molar-refractivity contribution is 5.29. The Hall–Kier alpha value is -2.01. The van der Waals surface area contributed by atoms with Gasteiger partial charge in [0.1, 0.15) is 5.82 Å². The molecule has 0 fully saturated rings. The van der Waals surface area contributed by atoms with E-state index in [4.69, 9.17) is 4.74 Å². The Morgan fingerprint density at radius 3 is 2.71 bits per heavy atom. The molecule has 0 radical (unpaired) electrons. The molecular weight excluding hydrogens is 274 g/mol. The van der Waals surface area contributed by atoms with Crippen LogP contribution in [-0.2, 0) is 6.54 Å². The normalized spacial score (nSPS) is 10.9. The smallest absolute Gasteiger partial charge is 0.219 e. The van der Waals surface area contributed by atoms with Crippen LogP contribution in [0.5, 0.6) is 11.6 Å². The maximum atomic E-state index is 13.5. The molecule has 0 saturated heterocycles. The molecule has 0 aliphatic heterocycles. The minimum Gasteiger partial charge on any atom is -0.436 e. The standard InChI is InChI=1S/C16H18F2N2O/c1-11(2)9-19-10-13-4-3-5-16(20-13)21-15-7-6-12(17)8-14(15)18/h3-8,11,19H,9-10H2,1-2H3. The Kier molecular flexibility index (Phi) is 5.22. The molecule has 1 N–H and O–H groups in total. The van der Waals surface area contributed by atoms with E-state index in [1.54, 1.807) is 12.1 Å². The van der Waals surface area contributed by atoms with Crippen molar-refractivity contribution < 1.29 is 13.5 Å². The number of aromatic nitrogens is 1. The number of hydrogen-bond acceptors (Lipinski definition) is 3. The Balaban J connectivity index is 2.03. The Bertz CT molecular complexity index is 603. The first-order valence-corrected chi connectivity index (χ1v) is 6.84. The minimum atomic E-state index is -0.750. The summed E-state index contributed by atoms with van der Waals surface area (Å²) in [5.74, 6) is -0.599. The molecule has 112 valence electrons. The molecule has 0 saturated carbocycles. The summed E-state index contributed by atoms with van der Waals surface area (Å²) in [6.07, 6.45) is 0. The summed E-state index contributed by atoms with van der Waals surface area (Å²) in [7, 11) is 0. The fourth-order valence-electron chi connectivity index (χ4n) is 1.77. The number of rotatable bonds is 6. The van der Waals surface area contributed by atoms with Crippen molar-refractivity contribution >= 4 is 0 Å². The lowest BCUT2D eigenvalue weighted by Gasteiger charge is -2.09. The minimum absolute atomic E-state index is 0.0452. The van der Waals surface area contributed by atoms with Crippen molar-refractivity contribution in [2.75, 3.05) is 6.54 Å². The van der Waals surface area contributed by atoms with Gasteiger partial charge in [0.05, 0.1) is 5.69 Å². The van der Waals surface area contributed by atoms with Gasteiger partial charge in [-0.25, -0.2) is 13.8 Å². The van der Waals surface area contributed by atoms with Gasteiger partial charge in [0.25, 0.3) is 0 Å². The molecule has 2 aromatic rings. The van der Waals surface area contributed by atoms with E-state index in [0.29, 0.717) is 12.5 Å². The average Bonchev–Trinajstić information content (AvgIpc) is 2.42. The quantitative estimate of drug-likeness (QED) is 0.877. The maximum absolute atomic E-state index is 13.5. The van der Waals surface area contributed by atoms with Crippen molar-refractivity contribution in [1.29, 1.82) is 0 Å². The van der Waals surface area contributed by atoms with E-state index in [-0.39, 0.29) is 11.6 Å². The average molecular weight is 292 g/mol. The lowest BCUT2D eigenvalue weighted by Crippen LogP contribution is -2.19. The summed E-state index contributed by atoms with van der Waals surface area (Å²) in [4.78, 5) is 4.28. The van der Waals surface area contributed by atoms with Crippen molar-refractivity contribution in [2.24, 2.45) is 5.92 Å². The van der Waals surface area contributed by atoms with Crippen LogP contribution in [0.15, 0.2) is 36.4 Å². The molecule has 3 nitrogen and oxygen atoms in total. The largest absolute Gasteiger partial charge is 0.436 e. The molecule has 0 bridgehead atoms. The van der Waals surface area contributed by atoms with Gasteiger partial charge in [-0.05, 0) is 30.7 Å². The highest BCUT2D eigenvalue weighted by atomic mass is 19.1. The monoisotopic (exact) mass is 292 g/mol. The van der Waals surface area contributed by atoms with E-state index < -0.39 is 11.6 Å². The predicted molar refractivity (Wildman–Crippen MR) is 77.2 cm³/mol. The number of nitrogens with one attached hydrogen (secondary N) is 1. The van der Waals surface area contributed by atoms with Crippen molar-refractivity contribution in [3.8, 4) is 11.6 Å². The highest BCUT2D eigenvalue weighted by Crippen LogP contribution is 2.23. The van der Waals surface area contributed by atoms with Crippen molar-refractivity contribution in [3.63, 3.8) is 0 Å². The molecule has 0 unspecified atom stereocenters. The third-order valence-corrected chi connectivity index (χ3v) is 2.75. The summed E-state index contributed by atoms with van der Waals surface area (Å²) in [5.41, 5.74) is 0.802. The van der Waals surface area contributed by atoms with Gasteiger partial charge in [0.15, 0.2) is 11.6 Å². The number of ether oxygens (including phenoxy) is 1. The van der Waals surface area contributed by atoms with Crippen molar-refractivity contribution in [2.45, 2.75) is 20.4 Å². The van der Waals surface area contributed by atoms with Gasteiger partial charge in [-0.1, -0.05) is 19.9 Å². The van der Waals surface area contributed by atoms with Gasteiger partial charge in [-0.3, -0.25) is 0 Å². The van der Waals surface area contributed by atoms with E-state index in [1.807, 2.05) is 6.07 Å². The summed E-state index contributed by atoms with van der Waals surface area (Å²) in [6.45, 7) is 5.75. The third-order valence-electron chi connectivity index (χ3n) is 2.75. The molecule has 1 aromatic carbocycles. The number of nitrogens with zero attached hydrogens (tertiary/aromatic N) is 1. The van der Waals surface area contributed by atoms with Gasteiger partial charge >= 0.3 is 0 Å². The second-order valence-electron chi connectivity index (χ2n) is 5.17. The highest BCUT2D eigenvalue weighted by Gasteiger charge is 2.07. The molecule has 1 aromatic heterocycles. The Morgan fingerprint density at radius 2 is 2.00 bits per heavy atom. The number of halogens is 2. The Morgan fingerprint density at radius 1 is 1.19 bits per heavy atom. The van der Waals surface area contributed by atoms with Crippen LogP contribution < -0.4 is 10.1 Å². The van der Waals surface area contributed by atoms with Crippen molar-refractivity contribution in [1.82, 2.24) is 10.3 Å². The first kappa shape index (κ1) is 15.4. The molecule has 0 aliphatic carbocycles. The number of pyridine rings is 1. The third kappa shape index (κ3) is 4.79. The Labute approximate surface area is 123 Å². The summed E-state index contributed by atoms with van der Waals surface area (Å²) in [5, 5.41) is 3.27. The number of hydrogen-bond donors (Lipinski definition) is 1. The van der Waals surface area contributed by atoms with E-state index in [0.717, 1.165) is 24.4 Å². The first-order chi connectivity index (χ1) is 10.0. The molecule has 1 heterocycles. The van der Waals surface area contributed by atoms with Crippen LogP contribution in [0.25, 0.3) is 0 Å². The molecule has 0 aliphatic rings. The molecule has 5 heteroatoms. The van der Waals surface area contributed by atoms with Gasteiger partial charge in [0, 0.05) is 18.7 Å². The molecular formula is C16H18F2N2O. The second-order valence-corrected chi connectivity index (χ2v) is 5.17. The lowest BCUT2D eigenvalue weighted by molar-refractivity contribution is 0.421. The molecule has 2 rings (SSSR count). The van der Waals surface area contributed by atoms with Gasteiger partial charge < -0.3 is 10.1 Å². The molecule has 0 amide bonds. The topological polar surface area (TPSA) is 34.1 Å². The maximum Gasteiger partial charge on any atom is 0.219 e. The van der Waals surface area contributed by atoms with E-state index in [2.05, 4.69) is 24.1 Å². The zero-order valence-electron chi connectivity index (χ0n) is 12.1. The predicted octanol–water partition coefficient (Wildman–Crippen LogP) is 3.90. The van der Waals surface area contributed by atoms with Crippen LogP contribution in [-0.4, -0.2) is 11.5 Å². The van der Waals surface area contributed by atoms with Crippen LogP contribution in [0, 0.1) is 17.6 Å². The molecule has 21 heavy (non-hydrogen) atoms. The second kappa shape index (κ2) is 7.13. The lowest BCUT2D eigenvalue weighted by atomic mass is 10.2. The van der Waals surface area contributed by atoms with Crippen LogP contribution in [0.3, 0.4) is 0 Å². The summed E-state index contributed by atoms with van der Waals surface area (Å²) in [6, 6.07) is 8.46. The van der Waals surface area contributed by atoms with Crippen molar-refractivity contribution in [3.05, 3.63) is 53.7 Å². The van der Waals surface area contributed by atoms with Gasteiger partial charge in [-0.2, -0.15) is 0 Å². The fourth-order valence-corrected chi connectivity index (χ4v) is 1.77. The molecule has 0 atom stereocenters. The zero-order chi connectivity index (χ0) is 15.2. The number of benzene rings is 1.